The molecule has 3 rings (SSSR count). The monoisotopic (exact) mass is 271 g/mol. The molecule has 2 aromatic carbocycles. The summed E-state index contributed by atoms with van der Waals surface area (Å²) in [5, 5.41) is 11.2. The average molecular weight is 271 g/mol. The van der Waals surface area contributed by atoms with Crippen molar-refractivity contribution < 1.29 is 4.92 Å². The Bertz CT molecular complexity index is 583. The highest BCUT2D eigenvalue weighted by Gasteiger charge is 2.39. The van der Waals surface area contributed by atoms with Crippen molar-refractivity contribution in [2.45, 2.75) is 22.5 Å². The molecule has 0 aromatic heterocycles. The Morgan fingerprint density at radius 3 is 2.37 bits per heavy atom. The number of benzene rings is 2. The highest BCUT2D eigenvalue weighted by atomic mass is 32.2. The molecule has 2 atom stereocenters. The third-order valence-corrected chi connectivity index (χ3v) is 4.66. The smallest absolute Gasteiger partial charge is 0.258 e. The minimum absolute atomic E-state index is 0.164. The number of non-ortho nitro benzene ring substituents is 1. The number of nitro groups is 1. The largest absolute Gasteiger partial charge is 0.269 e. The fourth-order valence-corrected chi connectivity index (χ4v) is 3.46. The van der Waals surface area contributed by atoms with E-state index in [4.69, 9.17) is 0 Å². The summed E-state index contributed by atoms with van der Waals surface area (Å²) in [6.07, 6.45) is 1.15. The molecule has 19 heavy (non-hydrogen) atoms. The van der Waals surface area contributed by atoms with E-state index >= 15 is 0 Å². The number of hydrogen-bond donors (Lipinski definition) is 0. The Balaban J connectivity index is 1.65. The molecule has 2 aromatic rings. The van der Waals surface area contributed by atoms with Gasteiger partial charge in [0, 0.05) is 22.3 Å². The molecule has 0 saturated heterocycles. The van der Waals surface area contributed by atoms with Crippen LogP contribution in [0.15, 0.2) is 59.5 Å². The van der Waals surface area contributed by atoms with E-state index in [0.29, 0.717) is 11.2 Å². The minimum atomic E-state index is -0.354. The summed E-state index contributed by atoms with van der Waals surface area (Å²) in [6.45, 7) is 0. The van der Waals surface area contributed by atoms with Crippen molar-refractivity contribution in [2.24, 2.45) is 0 Å². The Labute approximate surface area is 115 Å². The van der Waals surface area contributed by atoms with E-state index in [1.54, 1.807) is 12.1 Å². The first kappa shape index (κ1) is 12.2. The fourth-order valence-electron chi connectivity index (χ4n) is 2.17. The highest BCUT2D eigenvalue weighted by Crippen LogP contribution is 2.51. The fraction of sp³-hybridized carbons (Fsp3) is 0.200. The Hall–Kier alpha value is -1.81. The molecule has 96 valence electrons. The summed E-state index contributed by atoms with van der Waals surface area (Å²) in [6, 6.07) is 17.3. The molecule has 1 saturated carbocycles. The summed E-state index contributed by atoms with van der Waals surface area (Å²) < 4.78 is 0. The van der Waals surface area contributed by atoms with Gasteiger partial charge in [-0.25, -0.2) is 0 Å². The van der Waals surface area contributed by atoms with Gasteiger partial charge in [0.25, 0.3) is 5.69 Å². The molecule has 0 unspecified atom stereocenters. The lowest BCUT2D eigenvalue weighted by atomic mass is 10.1. The van der Waals surface area contributed by atoms with Gasteiger partial charge < -0.3 is 0 Å². The van der Waals surface area contributed by atoms with Crippen molar-refractivity contribution in [1.29, 1.82) is 0 Å². The average Bonchev–Trinajstić information content (AvgIpc) is 3.19. The highest BCUT2D eigenvalue weighted by molar-refractivity contribution is 8.00. The number of thioether (sulfide) groups is 1. The summed E-state index contributed by atoms with van der Waals surface area (Å²) in [4.78, 5) is 11.5. The van der Waals surface area contributed by atoms with E-state index in [0.717, 1.165) is 6.42 Å². The van der Waals surface area contributed by atoms with E-state index < -0.39 is 0 Å². The van der Waals surface area contributed by atoms with Crippen LogP contribution in [-0.4, -0.2) is 10.2 Å². The van der Waals surface area contributed by atoms with E-state index in [1.165, 1.54) is 10.5 Å². The van der Waals surface area contributed by atoms with Crippen LogP contribution in [0, 0.1) is 10.1 Å². The summed E-state index contributed by atoms with van der Waals surface area (Å²) >= 11 is 1.89. The normalized spacial score (nSPS) is 21.1. The SMILES string of the molecule is O=[N+]([O-])c1ccc([C@@H]2C[C@H]2Sc2ccccc2)cc1. The van der Waals surface area contributed by atoms with Gasteiger partial charge in [-0.15, -0.1) is 11.8 Å². The van der Waals surface area contributed by atoms with E-state index in [2.05, 4.69) is 12.1 Å². The van der Waals surface area contributed by atoms with Gasteiger partial charge in [-0.1, -0.05) is 30.3 Å². The maximum absolute atomic E-state index is 10.6. The van der Waals surface area contributed by atoms with Crippen LogP contribution < -0.4 is 0 Å². The predicted octanol–water partition coefficient (Wildman–Crippen LogP) is 4.24. The van der Waals surface area contributed by atoms with Crippen LogP contribution in [0.5, 0.6) is 0 Å². The van der Waals surface area contributed by atoms with Crippen molar-refractivity contribution in [3.63, 3.8) is 0 Å². The van der Waals surface area contributed by atoms with E-state index in [-0.39, 0.29) is 10.6 Å². The van der Waals surface area contributed by atoms with E-state index in [1.807, 2.05) is 42.1 Å². The van der Waals surface area contributed by atoms with Gasteiger partial charge in [-0.3, -0.25) is 10.1 Å². The number of nitro benzene ring substituents is 1. The molecule has 0 radical (unpaired) electrons. The maximum Gasteiger partial charge on any atom is 0.269 e. The van der Waals surface area contributed by atoms with Crippen molar-refractivity contribution in [1.82, 2.24) is 0 Å². The van der Waals surface area contributed by atoms with Gasteiger partial charge >= 0.3 is 0 Å². The first-order valence-corrected chi connectivity index (χ1v) is 7.08. The van der Waals surface area contributed by atoms with Gasteiger partial charge in [-0.2, -0.15) is 0 Å². The van der Waals surface area contributed by atoms with Crippen LogP contribution >= 0.6 is 11.8 Å². The Kier molecular flexibility index (Phi) is 3.25. The quantitative estimate of drug-likeness (QED) is 0.617. The molecular weight excluding hydrogens is 258 g/mol. The van der Waals surface area contributed by atoms with Gasteiger partial charge in [-0.05, 0) is 30.0 Å². The molecule has 0 amide bonds. The second kappa shape index (κ2) is 5.05. The molecular formula is C15H13NO2S. The lowest BCUT2D eigenvalue weighted by molar-refractivity contribution is -0.384. The number of hydrogen-bond acceptors (Lipinski definition) is 3. The van der Waals surface area contributed by atoms with Crippen molar-refractivity contribution in [3.05, 3.63) is 70.3 Å². The molecule has 1 fully saturated rings. The summed E-state index contributed by atoms with van der Waals surface area (Å²) in [5.74, 6) is 0.533. The van der Waals surface area contributed by atoms with Crippen LogP contribution in [-0.2, 0) is 0 Å². The second-order valence-electron chi connectivity index (χ2n) is 4.66. The van der Waals surface area contributed by atoms with Crippen molar-refractivity contribution in [2.75, 3.05) is 0 Å². The Morgan fingerprint density at radius 1 is 1.05 bits per heavy atom. The van der Waals surface area contributed by atoms with E-state index in [9.17, 15) is 10.1 Å². The molecule has 0 spiro atoms. The molecule has 3 nitrogen and oxygen atoms in total. The number of rotatable bonds is 4. The topological polar surface area (TPSA) is 43.1 Å². The standard InChI is InChI=1S/C15H13NO2S/c17-16(18)12-8-6-11(7-9-12)14-10-15(14)19-13-4-2-1-3-5-13/h1-9,14-15H,10H2/t14-,15+/m0/s1. The van der Waals surface area contributed by atoms with Crippen LogP contribution in [0.4, 0.5) is 5.69 Å². The Morgan fingerprint density at radius 2 is 1.74 bits per heavy atom. The molecule has 0 N–H and O–H groups in total. The van der Waals surface area contributed by atoms with Crippen LogP contribution in [0.3, 0.4) is 0 Å². The lowest BCUT2D eigenvalue weighted by Crippen LogP contribution is -1.89. The number of nitrogens with zero attached hydrogens (tertiary/aromatic N) is 1. The zero-order chi connectivity index (χ0) is 13.2. The van der Waals surface area contributed by atoms with Crippen LogP contribution in [0.1, 0.15) is 17.9 Å². The van der Waals surface area contributed by atoms with Gasteiger partial charge in [0.15, 0.2) is 0 Å². The van der Waals surface area contributed by atoms with Crippen molar-refractivity contribution in [3.8, 4) is 0 Å². The van der Waals surface area contributed by atoms with Gasteiger partial charge in [0.05, 0.1) is 4.92 Å². The summed E-state index contributed by atoms with van der Waals surface area (Å²) in [5.41, 5.74) is 1.37. The molecule has 1 aliphatic carbocycles. The maximum atomic E-state index is 10.6. The molecule has 0 bridgehead atoms. The van der Waals surface area contributed by atoms with Crippen LogP contribution in [0.25, 0.3) is 0 Å². The van der Waals surface area contributed by atoms with Gasteiger partial charge in [0.2, 0.25) is 0 Å². The summed E-state index contributed by atoms with van der Waals surface area (Å²) in [7, 11) is 0. The second-order valence-corrected chi connectivity index (χ2v) is 5.97. The zero-order valence-electron chi connectivity index (χ0n) is 10.2. The van der Waals surface area contributed by atoms with Gasteiger partial charge in [0.1, 0.15) is 0 Å². The predicted molar refractivity (Wildman–Crippen MR) is 76.5 cm³/mol. The third-order valence-electron chi connectivity index (χ3n) is 3.29. The molecule has 0 heterocycles. The first-order chi connectivity index (χ1) is 9.24. The molecule has 4 heteroatoms. The zero-order valence-corrected chi connectivity index (χ0v) is 11.0. The first-order valence-electron chi connectivity index (χ1n) is 6.20. The van der Waals surface area contributed by atoms with Crippen LogP contribution in [0.2, 0.25) is 0 Å². The minimum Gasteiger partial charge on any atom is -0.258 e. The third kappa shape index (κ3) is 2.79. The van der Waals surface area contributed by atoms with Crippen molar-refractivity contribution >= 4 is 17.4 Å². The molecule has 1 aliphatic rings. The lowest BCUT2D eigenvalue weighted by Gasteiger charge is -2.01. The molecule has 0 aliphatic heterocycles.